The fourth-order valence-corrected chi connectivity index (χ4v) is 1.92. The number of unbranched alkanes of at least 4 members (excludes halogenated alkanes) is 1. The van der Waals surface area contributed by atoms with E-state index in [4.69, 9.17) is 14.6 Å². The van der Waals surface area contributed by atoms with E-state index < -0.39 is 0 Å². The molecule has 3 nitrogen and oxygen atoms in total. The number of hydrogen-bond donors (Lipinski definition) is 1. The van der Waals surface area contributed by atoms with Gasteiger partial charge in [0.15, 0.2) is 0 Å². The molecule has 0 aliphatic rings. The molecule has 1 N–H and O–H groups in total. The summed E-state index contributed by atoms with van der Waals surface area (Å²) < 4.78 is 12.2. The molecule has 2 aromatic carbocycles. The Bertz CT molecular complexity index is 459. The Morgan fingerprint density at radius 1 is 0.750 bits per heavy atom. The monoisotopic (exact) mass is 336 g/mol. The van der Waals surface area contributed by atoms with Gasteiger partial charge in [0.05, 0.1) is 13.2 Å². The highest BCUT2D eigenvalue weighted by atomic mass is 79.9. The number of benzene rings is 2. The van der Waals surface area contributed by atoms with Crippen LogP contribution in [0.1, 0.15) is 12.8 Å². The van der Waals surface area contributed by atoms with Crippen molar-refractivity contribution in [2.45, 2.75) is 12.8 Å². The third-order valence-electron chi connectivity index (χ3n) is 2.73. The summed E-state index contributed by atoms with van der Waals surface area (Å²) >= 11 is 3.39. The highest BCUT2D eigenvalue weighted by Gasteiger charge is 1.96. The Kier molecular flexibility index (Phi) is 5.74. The molecule has 2 aromatic rings. The highest BCUT2D eigenvalue weighted by Crippen LogP contribution is 2.17. The van der Waals surface area contributed by atoms with Crippen molar-refractivity contribution in [3.05, 3.63) is 53.0 Å². The second kappa shape index (κ2) is 7.80. The van der Waals surface area contributed by atoms with Gasteiger partial charge in [-0.1, -0.05) is 15.9 Å². The Labute approximate surface area is 127 Å². The maximum absolute atomic E-state index is 9.15. The number of hydrogen-bond acceptors (Lipinski definition) is 3. The lowest BCUT2D eigenvalue weighted by atomic mass is 10.3. The van der Waals surface area contributed by atoms with Gasteiger partial charge in [-0.3, -0.25) is 0 Å². The SMILES string of the molecule is Oc1ccc(OCCCCOc2ccc(Br)cc2)cc1. The molecule has 0 fully saturated rings. The van der Waals surface area contributed by atoms with Crippen molar-refractivity contribution in [2.75, 3.05) is 13.2 Å². The van der Waals surface area contributed by atoms with Gasteiger partial charge in [-0.25, -0.2) is 0 Å². The molecule has 2 rings (SSSR count). The molecule has 0 aromatic heterocycles. The van der Waals surface area contributed by atoms with Crippen molar-refractivity contribution in [2.24, 2.45) is 0 Å². The molecule has 0 atom stereocenters. The van der Waals surface area contributed by atoms with E-state index in [-0.39, 0.29) is 5.75 Å². The van der Waals surface area contributed by atoms with Crippen molar-refractivity contribution in [1.29, 1.82) is 0 Å². The Morgan fingerprint density at radius 3 is 1.70 bits per heavy atom. The van der Waals surface area contributed by atoms with Crippen LogP contribution in [0.4, 0.5) is 0 Å². The number of phenols is 1. The van der Waals surface area contributed by atoms with Crippen molar-refractivity contribution in [1.82, 2.24) is 0 Å². The molecule has 0 saturated carbocycles. The van der Waals surface area contributed by atoms with E-state index in [2.05, 4.69) is 15.9 Å². The van der Waals surface area contributed by atoms with Crippen LogP contribution in [0.3, 0.4) is 0 Å². The molecule has 20 heavy (non-hydrogen) atoms. The first kappa shape index (κ1) is 14.7. The minimum atomic E-state index is 0.250. The molecule has 0 heterocycles. The smallest absolute Gasteiger partial charge is 0.119 e. The van der Waals surface area contributed by atoms with E-state index >= 15 is 0 Å². The number of phenolic OH excluding ortho intramolecular Hbond substituents is 1. The van der Waals surface area contributed by atoms with Crippen LogP contribution in [0.15, 0.2) is 53.0 Å². The van der Waals surface area contributed by atoms with E-state index in [1.54, 1.807) is 24.3 Å². The second-order valence-electron chi connectivity index (χ2n) is 4.35. The standard InChI is InChI=1S/C16H17BrO3/c17-13-3-7-15(8-4-13)19-11-1-2-12-20-16-9-5-14(18)6-10-16/h3-10,18H,1-2,11-12H2. The zero-order valence-electron chi connectivity index (χ0n) is 11.1. The highest BCUT2D eigenvalue weighted by molar-refractivity contribution is 9.10. The molecule has 0 bridgehead atoms. The van der Waals surface area contributed by atoms with Crippen LogP contribution in [0.25, 0.3) is 0 Å². The quantitative estimate of drug-likeness (QED) is 0.762. The van der Waals surface area contributed by atoms with Gasteiger partial charge in [0, 0.05) is 4.47 Å². The predicted octanol–water partition coefficient (Wildman–Crippen LogP) is 4.39. The maximum Gasteiger partial charge on any atom is 0.119 e. The third kappa shape index (κ3) is 5.13. The minimum Gasteiger partial charge on any atom is -0.508 e. The molecule has 0 radical (unpaired) electrons. The van der Waals surface area contributed by atoms with Crippen LogP contribution in [0.5, 0.6) is 17.2 Å². The van der Waals surface area contributed by atoms with E-state index in [9.17, 15) is 0 Å². The first-order valence-corrected chi connectivity index (χ1v) is 7.33. The summed E-state index contributed by atoms with van der Waals surface area (Å²) in [6.45, 7) is 1.33. The van der Waals surface area contributed by atoms with Crippen LogP contribution in [0, 0.1) is 0 Å². The summed E-state index contributed by atoms with van der Waals surface area (Å²) in [6, 6.07) is 14.6. The van der Waals surface area contributed by atoms with Crippen LogP contribution >= 0.6 is 15.9 Å². The summed E-state index contributed by atoms with van der Waals surface area (Å²) in [5.74, 6) is 1.91. The molecule has 0 spiro atoms. The van der Waals surface area contributed by atoms with Crippen LogP contribution in [-0.4, -0.2) is 18.3 Å². The third-order valence-corrected chi connectivity index (χ3v) is 3.26. The summed E-state index contributed by atoms with van der Waals surface area (Å²) in [5, 5.41) is 9.15. The normalized spacial score (nSPS) is 10.2. The summed E-state index contributed by atoms with van der Waals surface area (Å²) in [6.07, 6.45) is 1.87. The largest absolute Gasteiger partial charge is 0.508 e. The van der Waals surface area contributed by atoms with Gasteiger partial charge in [-0.15, -0.1) is 0 Å². The van der Waals surface area contributed by atoms with E-state index in [0.29, 0.717) is 13.2 Å². The van der Waals surface area contributed by atoms with E-state index in [0.717, 1.165) is 28.8 Å². The summed E-state index contributed by atoms with van der Waals surface area (Å²) in [5.41, 5.74) is 0. The van der Waals surface area contributed by atoms with Crippen LogP contribution < -0.4 is 9.47 Å². The number of rotatable bonds is 7. The van der Waals surface area contributed by atoms with Crippen molar-refractivity contribution < 1.29 is 14.6 Å². The molecule has 106 valence electrons. The Morgan fingerprint density at radius 2 is 1.20 bits per heavy atom. The molecule has 4 heteroatoms. The Balaban J connectivity index is 1.57. The number of ether oxygens (including phenoxy) is 2. The topological polar surface area (TPSA) is 38.7 Å². The molecule has 0 saturated heterocycles. The molecule has 0 aliphatic heterocycles. The predicted molar refractivity (Wildman–Crippen MR) is 82.5 cm³/mol. The Hall–Kier alpha value is -1.68. The summed E-state index contributed by atoms with van der Waals surface area (Å²) in [4.78, 5) is 0. The number of aromatic hydroxyl groups is 1. The maximum atomic E-state index is 9.15. The van der Waals surface area contributed by atoms with Gasteiger partial charge in [-0.2, -0.15) is 0 Å². The van der Waals surface area contributed by atoms with Crippen LogP contribution in [0.2, 0.25) is 0 Å². The van der Waals surface area contributed by atoms with Gasteiger partial charge < -0.3 is 14.6 Å². The average molecular weight is 337 g/mol. The van der Waals surface area contributed by atoms with Gasteiger partial charge in [-0.05, 0) is 61.4 Å². The van der Waals surface area contributed by atoms with E-state index in [1.165, 1.54) is 0 Å². The zero-order valence-corrected chi connectivity index (χ0v) is 12.7. The van der Waals surface area contributed by atoms with E-state index in [1.807, 2.05) is 24.3 Å². The zero-order chi connectivity index (χ0) is 14.2. The van der Waals surface area contributed by atoms with Gasteiger partial charge in [0.2, 0.25) is 0 Å². The summed E-state index contributed by atoms with van der Waals surface area (Å²) in [7, 11) is 0. The fourth-order valence-electron chi connectivity index (χ4n) is 1.66. The van der Waals surface area contributed by atoms with Gasteiger partial charge in [0.1, 0.15) is 17.2 Å². The molecule has 0 unspecified atom stereocenters. The lowest BCUT2D eigenvalue weighted by molar-refractivity contribution is 0.266. The molecule has 0 aliphatic carbocycles. The molecular formula is C16H17BrO3. The van der Waals surface area contributed by atoms with Gasteiger partial charge >= 0.3 is 0 Å². The lowest BCUT2D eigenvalue weighted by Crippen LogP contribution is -2.02. The first-order valence-electron chi connectivity index (χ1n) is 6.54. The first-order chi connectivity index (χ1) is 9.74. The minimum absolute atomic E-state index is 0.250. The van der Waals surface area contributed by atoms with Gasteiger partial charge in [0.25, 0.3) is 0 Å². The van der Waals surface area contributed by atoms with Crippen molar-refractivity contribution in [3.8, 4) is 17.2 Å². The second-order valence-corrected chi connectivity index (χ2v) is 5.27. The number of halogens is 1. The van der Waals surface area contributed by atoms with Crippen molar-refractivity contribution in [3.63, 3.8) is 0 Å². The molecular weight excluding hydrogens is 320 g/mol. The lowest BCUT2D eigenvalue weighted by Gasteiger charge is -2.08. The van der Waals surface area contributed by atoms with Crippen molar-refractivity contribution >= 4 is 15.9 Å². The fraction of sp³-hybridized carbons (Fsp3) is 0.250. The molecule has 0 amide bonds. The van der Waals surface area contributed by atoms with Crippen LogP contribution in [-0.2, 0) is 0 Å². The average Bonchev–Trinajstić information content (AvgIpc) is 2.46.